The summed E-state index contributed by atoms with van der Waals surface area (Å²) in [5, 5.41) is 8.65. The lowest BCUT2D eigenvalue weighted by Crippen LogP contribution is -2.37. The Labute approximate surface area is 105 Å². The Balaban J connectivity index is 3.06. The molecule has 0 unspecified atom stereocenters. The van der Waals surface area contributed by atoms with E-state index in [-0.39, 0.29) is 0 Å². The molecule has 0 aliphatic heterocycles. The Morgan fingerprint density at radius 3 is 2.37 bits per heavy atom. The molecule has 1 aromatic rings. The highest BCUT2D eigenvalue weighted by atomic mass is 19.3. The molecular formula is C11H10F5NO2. The van der Waals surface area contributed by atoms with Gasteiger partial charge in [0.2, 0.25) is 0 Å². The fraction of sp³-hybridized carbons (Fsp3) is 0.364. The summed E-state index contributed by atoms with van der Waals surface area (Å²) in [6.07, 6.45) is -2.90. The highest BCUT2D eigenvalue weighted by Crippen LogP contribution is 2.17. The van der Waals surface area contributed by atoms with E-state index in [0.717, 1.165) is 0 Å². The van der Waals surface area contributed by atoms with Crippen LogP contribution in [0, 0.1) is 17.5 Å². The maximum Gasteiger partial charge on any atom is 0.257 e. The van der Waals surface area contributed by atoms with Crippen LogP contribution in [0.1, 0.15) is 10.4 Å². The molecule has 1 rings (SSSR count). The quantitative estimate of drug-likeness (QED) is 0.661. The van der Waals surface area contributed by atoms with Gasteiger partial charge in [-0.2, -0.15) is 0 Å². The van der Waals surface area contributed by atoms with Crippen molar-refractivity contribution in [1.29, 1.82) is 0 Å². The number of halogens is 5. The second kappa shape index (κ2) is 6.46. The maximum atomic E-state index is 13.3. The van der Waals surface area contributed by atoms with Gasteiger partial charge in [-0.15, -0.1) is 0 Å². The van der Waals surface area contributed by atoms with Gasteiger partial charge in [-0.3, -0.25) is 4.79 Å². The van der Waals surface area contributed by atoms with Crippen LogP contribution in [0.2, 0.25) is 0 Å². The maximum absolute atomic E-state index is 13.3. The molecule has 0 saturated carbocycles. The summed E-state index contributed by atoms with van der Waals surface area (Å²) in [5.74, 6) is -6.34. The number of hydrogen-bond acceptors (Lipinski definition) is 2. The highest BCUT2D eigenvalue weighted by molar-refractivity contribution is 5.94. The van der Waals surface area contributed by atoms with Crippen molar-refractivity contribution in [3.63, 3.8) is 0 Å². The summed E-state index contributed by atoms with van der Waals surface area (Å²) < 4.78 is 63.4. The molecule has 0 saturated heterocycles. The number of aliphatic hydroxyl groups excluding tert-OH is 1. The zero-order chi connectivity index (χ0) is 14.6. The van der Waals surface area contributed by atoms with Crippen molar-refractivity contribution in [2.75, 3.05) is 19.7 Å². The van der Waals surface area contributed by atoms with Crippen molar-refractivity contribution in [3.8, 4) is 0 Å². The largest absolute Gasteiger partial charge is 0.395 e. The van der Waals surface area contributed by atoms with Gasteiger partial charge in [0.1, 0.15) is 0 Å². The summed E-state index contributed by atoms with van der Waals surface area (Å²) in [6.45, 7) is -2.14. The lowest BCUT2D eigenvalue weighted by molar-refractivity contribution is 0.0504. The van der Waals surface area contributed by atoms with Gasteiger partial charge in [-0.05, 0) is 12.1 Å². The van der Waals surface area contributed by atoms with Gasteiger partial charge in [0.15, 0.2) is 17.5 Å². The van der Waals surface area contributed by atoms with Gasteiger partial charge in [0.25, 0.3) is 12.3 Å². The Kier molecular flexibility index (Phi) is 5.22. The first-order chi connectivity index (χ1) is 8.88. The van der Waals surface area contributed by atoms with E-state index in [0.29, 0.717) is 17.0 Å². The lowest BCUT2D eigenvalue weighted by atomic mass is 10.1. The molecule has 1 amide bonds. The van der Waals surface area contributed by atoms with Crippen molar-refractivity contribution in [2.45, 2.75) is 6.43 Å². The zero-order valence-electron chi connectivity index (χ0n) is 9.55. The molecule has 0 heterocycles. The Hall–Kier alpha value is -1.70. The molecule has 19 heavy (non-hydrogen) atoms. The van der Waals surface area contributed by atoms with Crippen LogP contribution in [0.25, 0.3) is 0 Å². The van der Waals surface area contributed by atoms with Crippen LogP contribution in [0.15, 0.2) is 12.1 Å². The molecule has 8 heteroatoms. The number of nitrogens with zero attached hydrogens (tertiary/aromatic N) is 1. The standard InChI is InChI=1S/C11H10F5NO2/c12-7-2-1-6(9(15)10(7)16)11(19)17(3-4-18)5-8(13)14/h1-2,8,18H,3-5H2. The van der Waals surface area contributed by atoms with E-state index in [1.807, 2.05) is 0 Å². The van der Waals surface area contributed by atoms with Crippen molar-refractivity contribution in [3.05, 3.63) is 35.1 Å². The first-order valence-corrected chi connectivity index (χ1v) is 5.20. The molecule has 0 aliphatic carbocycles. The Bertz CT molecular complexity index is 467. The molecule has 0 radical (unpaired) electrons. The topological polar surface area (TPSA) is 40.5 Å². The third-order valence-corrected chi connectivity index (χ3v) is 2.28. The number of hydrogen-bond donors (Lipinski definition) is 1. The summed E-state index contributed by atoms with van der Waals surface area (Å²) in [4.78, 5) is 12.2. The normalized spacial score (nSPS) is 10.9. The molecule has 106 valence electrons. The van der Waals surface area contributed by atoms with E-state index in [4.69, 9.17) is 5.11 Å². The predicted molar refractivity (Wildman–Crippen MR) is 55.3 cm³/mol. The minimum absolute atomic E-state index is 0.459. The molecule has 0 atom stereocenters. The second-order valence-electron chi connectivity index (χ2n) is 3.59. The number of carbonyl (C=O) groups is 1. The van der Waals surface area contributed by atoms with E-state index in [1.54, 1.807) is 0 Å². The second-order valence-corrected chi connectivity index (χ2v) is 3.59. The number of rotatable bonds is 5. The number of benzene rings is 1. The van der Waals surface area contributed by atoms with Crippen molar-refractivity contribution in [1.82, 2.24) is 4.90 Å². The van der Waals surface area contributed by atoms with Crippen LogP contribution in [0.3, 0.4) is 0 Å². The van der Waals surface area contributed by atoms with Crippen LogP contribution < -0.4 is 0 Å². The number of amides is 1. The van der Waals surface area contributed by atoms with E-state index in [1.165, 1.54) is 0 Å². The average molecular weight is 283 g/mol. The van der Waals surface area contributed by atoms with Gasteiger partial charge in [-0.25, -0.2) is 22.0 Å². The third-order valence-electron chi connectivity index (χ3n) is 2.28. The summed E-state index contributed by atoms with van der Waals surface area (Å²) in [7, 11) is 0. The lowest BCUT2D eigenvalue weighted by Gasteiger charge is -2.21. The van der Waals surface area contributed by atoms with Crippen molar-refractivity contribution >= 4 is 5.91 Å². The van der Waals surface area contributed by atoms with Crippen LogP contribution >= 0.6 is 0 Å². The molecular weight excluding hydrogens is 273 g/mol. The van der Waals surface area contributed by atoms with Gasteiger partial charge in [0.05, 0.1) is 18.7 Å². The first kappa shape index (κ1) is 15.4. The smallest absolute Gasteiger partial charge is 0.257 e. The number of carbonyl (C=O) groups excluding carboxylic acids is 1. The molecule has 1 aromatic carbocycles. The molecule has 3 nitrogen and oxygen atoms in total. The monoisotopic (exact) mass is 283 g/mol. The van der Waals surface area contributed by atoms with Crippen LogP contribution in [-0.2, 0) is 0 Å². The summed E-state index contributed by atoms with van der Waals surface area (Å²) in [5.41, 5.74) is -0.868. The molecule has 0 spiro atoms. The van der Waals surface area contributed by atoms with Crippen molar-refractivity contribution < 1.29 is 31.9 Å². The zero-order valence-corrected chi connectivity index (χ0v) is 9.55. The van der Waals surface area contributed by atoms with Gasteiger partial charge in [-0.1, -0.05) is 0 Å². The van der Waals surface area contributed by atoms with E-state index in [9.17, 15) is 26.7 Å². The molecule has 0 aromatic heterocycles. The number of aliphatic hydroxyl groups is 1. The SMILES string of the molecule is O=C(c1ccc(F)c(F)c1F)N(CCO)CC(F)F. The third kappa shape index (κ3) is 3.63. The molecule has 0 aliphatic rings. The fourth-order valence-electron chi connectivity index (χ4n) is 1.42. The van der Waals surface area contributed by atoms with E-state index < -0.39 is 55.0 Å². The number of alkyl halides is 2. The van der Waals surface area contributed by atoms with Crippen LogP contribution in [0.5, 0.6) is 0 Å². The van der Waals surface area contributed by atoms with E-state index >= 15 is 0 Å². The van der Waals surface area contributed by atoms with Crippen LogP contribution in [0.4, 0.5) is 22.0 Å². The van der Waals surface area contributed by atoms with E-state index in [2.05, 4.69) is 0 Å². The average Bonchev–Trinajstić information content (AvgIpc) is 2.34. The summed E-state index contributed by atoms with van der Waals surface area (Å²) in [6, 6.07) is 1.18. The predicted octanol–water partition coefficient (Wildman–Crippen LogP) is 1.80. The minimum Gasteiger partial charge on any atom is -0.395 e. The summed E-state index contributed by atoms with van der Waals surface area (Å²) >= 11 is 0. The minimum atomic E-state index is -2.90. The highest BCUT2D eigenvalue weighted by Gasteiger charge is 2.24. The first-order valence-electron chi connectivity index (χ1n) is 5.20. The Morgan fingerprint density at radius 2 is 1.84 bits per heavy atom. The van der Waals surface area contributed by atoms with Crippen LogP contribution in [-0.4, -0.2) is 42.0 Å². The molecule has 0 bridgehead atoms. The van der Waals surface area contributed by atoms with Gasteiger partial charge < -0.3 is 10.0 Å². The molecule has 1 N–H and O–H groups in total. The van der Waals surface area contributed by atoms with Gasteiger partial charge >= 0.3 is 0 Å². The van der Waals surface area contributed by atoms with Crippen molar-refractivity contribution in [2.24, 2.45) is 0 Å². The Morgan fingerprint density at radius 1 is 1.21 bits per heavy atom. The van der Waals surface area contributed by atoms with Gasteiger partial charge in [0, 0.05) is 6.54 Å². The molecule has 0 fully saturated rings. The fourth-order valence-corrected chi connectivity index (χ4v) is 1.42.